The number of benzene rings is 1. The van der Waals surface area contributed by atoms with Gasteiger partial charge in [-0.2, -0.15) is 11.8 Å². The van der Waals surface area contributed by atoms with Gasteiger partial charge in [0.25, 0.3) is 0 Å². The van der Waals surface area contributed by atoms with Crippen LogP contribution in [0.5, 0.6) is 0 Å². The molecule has 0 aliphatic heterocycles. The van der Waals surface area contributed by atoms with Crippen molar-refractivity contribution in [1.82, 2.24) is 5.32 Å². The van der Waals surface area contributed by atoms with Crippen LogP contribution in [0.3, 0.4) is 0 Å². The van der Waals surface area contributed by atoms with E-state index < -0.39 is 18.0 Å². The lowest BCUT2D eigenvalue weighted by atomic mass is 10.2. The molecule has 0 fully saturated rings. The number of rotatable bonds is 6. The molecule has 0 aliphatic carbocycles. The van der Waals surface area contributed by atoms with Crippen LogP contribution in [0.15, 0.2) is 18.2 Å². The SMILES string of the molecule is CSCC[C@H](NC(=O)Nc1cc(Cl)ccc1C)C(=O)[O-]. The molecule has 0 aromatic heterocycles. The van der Waals surface area contributed by atoms with Crippen molar-refractivity contribution in [3.8, 4) is 0 Å². The number of carbonyl (C=O) groups is 2. The minimum absolute atomic E-state index is 0.311. The molecule has 0 saturated carbocycles. The number of hydrogen-bond donors (Lipinski definition) is 2. The van der Waals surface area contributed by atoms with Crippen LogP contribution in [0.1, 0.15) is 12.0 Å². The van der Waals surface area contributed by atoms with Gasteiger partial charge in [-0.1, -0.05) is 17.7 Å². The second kappa shape index (κ2) is 8.01. The van der Waals surface area contributed by atoms with Crippen LogP contribution in [0.25, 0.3) is 0 Å². The quantitative estimate of drug-likeness (QED) is 0.836. The Morgan fingerprint density at radius 2 is 2.15 bits per heavy atom. The predicted octanol–water partition coefficient (Wildman–Crippen LogP) is 1.64. The minimum Gasteiger partial charge on any atom is -0.548 e. The molecule has 1 aromatic carbocycles. The summed E-state index contributed by atoms with van der Waals surface area (Å²) in [5.41, 5.74) is 1.37. The molecule has 7 heteroatoms. The number of carbonyl (C=O) groups excluding carboxylic acids is 2. The number of aryl methyl sites for hydroxylation is 1. The number of carboxylic acid groups (broad SMARTS) is 1. The number of amides is 2. The minimum atomic E-state index is -1.29. The Morgan fingerprint density at radius 3 is 2.75 bits per heavy atom. The maximum atomic E-state index is 11.8. The van der Waals surface area contributed by atoms with Crippen molar-refractivity contribution in [2.45, 2.75) is 19.4 Å². The van der Waals surface area contributed by atoms with Crippen molar-refractivity contribution < 1.29 is 14.7 Å². The van der Waals surface area contributed by atoms with Gasteiger partial charge in [0.2, 0.25) is 0 Å². The van der Waals surface area contributed by atoms with E-state index in [9.17, 15) is 14.7 Å². The zero-order valence-electron chi connectivity index (χ0n) is 11.2. The largest absolute Gasteiger partial charge is 0.548 e. The van der Waals surface area contributed by atoms with Crippen molar-refractivity contribution in [2.24, 2.45) is 0 Å². The summed E-state index contributed by atoms with van der Waals surface area (Å²) in [5, 5.41) is 16.4. The summed E-state index contributed by atoms with van der Waals surface area (Å²) in [4.78, 5) is 22.7. The molecule has 0 heterocycles. The third kappa shape index (κ3) is 5.30. The maximum absolute atomic E-state index is 11.8. The zero-order chi connectivity index (χ0) is 15.1. The molecular weight excluding hydrogens is 300 g/mol. The fourth-order valence-corrected chi connectivity index (χ4v) is 2.17. The zero-order valence-corrected chi connectivity index (χ0v) is 12.8. The number of anilines is 1. The normalized spacial score (nSPS) is 11.8. The number of hydrogen-bond acceptors (Lipinski definition) is 4. The average Bonchev–Trinajstić information content (AvgIpc) is 2.38. The Bertz CT molecular complexity index is 497. The van der Waals surface area contributed by atoms with Crippen molar-refractivity contribution in [3.63, 3.8) is 0 Å². The first-order valence-electron chi connectivity index (χ1n) is 5.97. The van der Waals surface area contributed by atoms with Crippen LogP contribution in [-0.2, 0) is 4.79 Å². The Hall–Kier alpha value is -1.40. The van der Waals surface area contributed by atoms with E-state index in [0.717, 1.165) is 5.56 Å². The molecule has 1 aromatic rings. The van der Waals surface area contributed by atoms with Gasteiger partial charge in [0.15, 0.2) is 0 Å². The lowest BCUT2D eigenvalue weighted by Crippen LogP contribution is -2.49. The molecule has 1 atom stereocenters. The van der Waals surface area contributed by atoms with Crippen LogP contribution in [0, 0.1) is 6.92 Å². The molecule has 20 heavy (non-hydrogen) atoms. The van der Waals surface area contributed by atoms with Gasteiger partial charge < -0.3 is 20.5 Å². The fraction of sp³-hybridized carbons (Fsp3) is 0.385. The topological polar surface area (TPSA) is 81.3 Å². The third-order valence-corrected chi connectivity index (χ3v) is 3.53. The van der Waals surface area contributed by atoms with Crippen molar-refractivity contribution in [2.75, 3.05) is 17.3 Å². The highest BCUT2D eigenvalue weighted by Gasteiger charge is 2.13. The maximum Gasteiger partial charge on any atom is 0.319 e. The van der Waals surface area contributed by atoms with E-state index >= 15 is 0 Å². The fourth-order valence-electron chi connectivity index (χ4n) is 1.53. The van der Waals surface area contributed by atoms with Crippen molar-refractivity contribution in [3.05, 3.63) is 28.8 Å². The molecule has 0 unspecified atom stereocenters. The van der Waals surface area contributed by atoms with E-state index in [1.165, 1.54) is 11.8 Å². The monoisotopic (exact) mass is 315 g/mol. The predicted molar refractivity (Wildman–Crippen MR) is 80.1 cm³/mol. The first-order chi connectivity index (χ1) is 9.43. The average molecular weight is 316 g/mol. The van der Waals surface area contributed by atoms with E-state index in [-0.39, 0.29) is 0 Å². The summed E-state index contributed by atoms with van der Waals surface area (Å²) in [7, 11) is 0. The molecule has 0 spiro atoms. The number of aliphatic carboxylic acids is 1. The number of halogens is 1. The van der Waals surface area contributed by atoms with E-state index in [4.69, 9.17) is 11.6 Å². The molecule has 1 rings (SSSR count). The summed E-state index contributed by atoms with van der Waals surface area (Å²) < 4.78 is 0. The van der Waals surface area contributed by atoms with E-state index in [1.54, 1.807) is 18.2 Å². The molecular formula is C13H16ClN2O3S-. The van der Waals surface area contributed by atoms with E-state index in [2.05, 4.69) is 10.6 Å². The van der Waals surface area contributed by atoms with Gasteiger partial charge in [-0.05, 0) is 43.0 Å². The molecule has 0 bridgehead atoms. The van der Waals surface area contributed by atoms with Crippen LogP contribution in [0.4, 0.5) is 10.5 Å². The summed E-state index contributed by atoms with van der Waals surface area (Å²) in [6.07, 6.45) is 2.17. The van der Waals surface area contributed by atoms with Gasteiger partial charge in [0, 0.05) is 10.7 Å². The van der Waals surface area contributed by atoms with Gasteiger partial charge in [0.1, 0.15) is 0 Å². The highest BCUT2D eigenvalue weighted by Crippen LogP contribution is 2.20. The number of nitrogens with one attached hydrogen (secondary N) is 2. The van der Waals surface area contributed by atoms with Crippen LogP contribution < -0.4 is 15.7 Å². The number of carboxylic acids is 1. The molecule has 5 nitrogen and oxygen atoms in total. The Morgan fingerprint density at radius 1 is 1.45 bits per heavy atom. The first-order valence-corrected chi connectivity index (χ1v) is 7.74. The Balaban J connectivity index is 2.65. The van der Waals surface area contributed by atoms with Gasteiger partial charge in [0.05, 0.1) is 12.0 Å². The molecule has 0 saturated heterocycles. The van der Waals surface area contributed by atoms with Gasteiger partial charge >= 0.3 is 6.03 Å². The van der Waals surface area contributed by atoms with Crippen molar-refractivity contribution in [1.29, 1.82) is 0 Å². The molecule has 0 aliphatic rings. The summed E-state index contributed by atoms with van der Waals surface area (Å²) in [6, 6.07) is 3.48. The van der Waals surface area contributed by atoms with Crippen LogP contribution >= 0.6 is 23.4 Å². The molecule has 0 radical (unpaired) electrons. The highest BCUT2D eigenvalue weighted by molar-refractivity contribution is 7.98. The third-order valence-electron chi connectivity index (χ3n) is 2.65. The smallest absolute Gasteiger partial charge is 0.319 e. The molecule has 110 valence electrons. The van der Waals surface area contributed by atoms with E-state index in [1.807, 2.05) is 13.2 Å². The summed E-state index contributed by atoms with van der Waals surface area (Å²) in [6.45, 7) is 1.82. The second-order valence-electron chi connectivity index (χ2n) is 4.21. The van der Waals surface area contributed by atoms with Gasteiger partial charge in [-0.3, -0.25) is 0 Å². The van der Waals surface area contributed by atoms with Gasteiger partial charge in [-0.25, -0.2) is 4.79 Å². The first kappa shape index (κ1) is 16.7. The molecule has 2 N–H and O–H groups in total. The van der Waals surface area contributed by atoms with Crippen LogP contribution in [-0.4, -0.2) is 30.1 Å². The second-order valence-corrected chi connectivity index (χ2v) is 5.63. The summed E-state index contributed by atoms with van der Waals surface area (Å²) in [5.74, 6) is -0.674. The van der Waals surface area contributed by atoms with E-state index in [0.29, 0.717) is 22.9 Å². The number of thioether (sulfide) groups is 1. The Labute approximate surface area is 127 Å². The molecule has 2 amide bonds. The lowest BCUT2D eigenvalue weighted by Gasteiger charge is -2.20. The van der Waals surface area contributed by atoms with Crippen molar-refractivity contribution >= 4 is 41.1 Å². The lowest BCUT2D eigenvalue weighted by molar-refractivity contribution is -0.308. The Kier molecular flexibility index (Phi) is 6.67. The standard InChI is InChI=1S/C13H17ClN2O3S/c1-8-3-4-9(14)7-11(8)16-13(19)15-10(12(17)18)5-6-20-2/h3-4,7,10H,5-6H2,1-2H3,(H,17,18)(H2,15,16,19)/p-1/t10-/m0/s1. The number of urea groups is 1. The van der Waals surface area contributed by atoms with Gasteiger partial charge in [-0.15, -0.1) is 0 Å². The summed E-state index contributed by atoms with van der Waals surface area (Å²) >= 11 is 7.35. The highest BCUT2D eigenvalue weighted by atomic mass is 35.5. The van der Waals surface area contributed by atoms with Crippen LogP contribution in [0.2, 0.25) is 5.02 Å².